The van der Waals surface area contributed by atoms with E-state index in [4.69, 9.17) is 0 Å². The highest BCUT2D eigenvalue weighted by atomic mass is 16.3. The van der Waals surface area contributed by atoms with E-state index in [9.17, 15) is 5.11 Å². The molecule has 1 fully saturated rings. The minimum Gasteiger partial charge on any atom is -0.389 e. The molecule has 2 aliphatic carbocycles. The fourth-order valence-electron chi connectivity index (χ4n) is 2.07. The molecule has 1 saturated carbocycles. The molecule has 0 aromatic heterocycles. The topological polar surface area (TPSA) is 32.3 Å². The van der Waals surface area contributed by atoms with Gasteiger partial charge in [-0.05, 0) is 38.5 Å². The summed E-state index contributed by atoms with van der Waals surface area (Å²) in [5.41, 5.74) is -0.370. The maximum atomic E-state index is 9.85. The van der Waals surface area contributed by atoms with Gasteiger partial charge in [-0.1, -0.05) is 12.2 Å². The Morgan fingerprint density at radius 3 is 2.77 bits per heavy atom. The molecular formula is C11H19NO. The van der Waals surface area contributed by atoms with E-state index in [1.165, 1.54) is 25.7 Å². The quantitative estimate of drug-likeness (QED) is 0.648. The zero-order valence-corrected chi connectivity index (χ0v) is 8.13. The van der Waals surface area contributed by atoms with Crippen LogP contribution < -0.4 is 5.32 Å². The molecule has 0 spiro atoms. The summed E-state index contributed by atoms with van der Waals surface area (Å²) in [7, 11) is 0. The van der Waals surface area contributed by atoms with Crippen LogP contribution in [0.15, 0.2) is 12.2 Å². The number of hydrogen-bond donors (Lipinski definition) is 2. The molecular weight excluding hydrogens is 162 g/mol. The zero-order chi connectivity index (χ0) is 9.15. The number of hydrogen-bond acceptors (Lipinski definition) is 2. The Bertz CT molecular complexity index is 196. The molecule has 2 N–H and O–H groups in total. The number of nitrogens with one attached hydrogen (secondary N) is 1. The van der Waals surface area contributed by atoms with Crippen LogP contribution in [0, 0.1) is 0 Å². The van der Waals surface area contributed by atoms with Gasteiger partial charge in [-0.2, -0.15) is 0 Å². The Hall–Kier alpha value is -0.340. The van der Waals surface area contributed by atoms with Crippen LogP contribution in [0.2, 0.25) is 0 Å². The standard InChI is InChI=1S/C11H19NO/c13-11(7-4-8-11)9-12-10-5-2-1-3-6-10/h2,5,10,12-13H,1,3-4,6-9H2. The summed E-state index contributed by atoms with van der Waals surface area (Å²) in [6.45, 7) is 0.780. The summed E-state index contributed by atoms with van der Waals surface area (Å²) >= 11 is 0. The smallest absolute Gasteiger partial charge is 0.0771 e. The molecule has 13 heavy (non-hydrogen) atoms. The van der Waals surface area contributed by atoms with Gasteiger partial charge in [-0.3, -0.25) is 0 Å². The van der Waals surface area contributed by atoms with Crippen LogP contribution in [-0.2, 0) is 0 Å². The lowest BCUT2D eigenvalue weighted by molar-refractivity contribution is -0.0325. The minimum absolute atomic E-state index is 0.370. The van der Waals surface area contributed by atoms with Gasteiger partial charge in [-0.15, -0.1) is 0 Å². The SMILES string of the molecule is OC1(CNC2C=CCCC2)CCC1. The van der Waals surface area contributed by atoms with Crippen molar-refractivity contribution in [3.05, 3.63) is 12.2 Å². The molecule has 1 atom stereocenters. The average molecular weight is 181 g/mol. The summed E-state index contributed by atoms with van der Waals surface area (Å²) in [6.07, 6.45) is 11.4. The second-order valence-electron chi connectivity index (χ2n) is 4.42. The molecule has 74 valence electrons. The number of allylic oxidation sites excluding steroid dienone is 1. The lowest BCUT2D eigenvalue weighted by Crippen LogP contribution is -2.48. The van der Waals surface area contributed by atoms with Crippen LogP contribution in [0.3, 0.4) is 0 Å². The fourth-order valence-corrected chi connectivity index (χ4v) is 2.07. The van der Waals surface area contributed by atoms with E-state index in [1.54, 1.807) is 0 Å². The van der Waals surface area contributed by atoms with Crippen molar-refractivity contribution in [3.8, 4) is 0 Å². The maximum Gasteiger partial charge on any atom is 0.0771 e. The van der Waals surface area contributed by atoms with Gasteiger partial charge in [-0.25, -0.2) is 0 Å². The lowest BCUT2D eigenvalue weighted by Gasteiger charge is -2.38. The summed E-state index contributed by atoms with van der Waals surface area (Å²) < 4.78 is 0. The first-order valence-electron chi connectivity index (χ1n) is 5.41. The Kier molecular flexibility index (Phi) is 2.70. The van der Waals surface area contributed by atoms with Crippen molar-refractivity contribution in [1.29, 1.82) is 0 Å². The summed E-state index contributed by atoms with van der Waals surface area (Å²) in [5.74, 6) is 0. The Morgan fingerprint density at radius 1 is 1.38 bits per heavy atom. The highest BCUT2D eigenvalue weighted by molar-refractivity contribution is 4.99. The average Bonchev–Trinajstić information content (AvgIpc) is 2.13. The second-order valence-corrected chi connectivity index (χ2v) is 4.42. The molecule has 0 aromatic rings. The van der Waals surface area contributed by atoms with E-state index < -0.39 is 0 Å². The van der Waals surface area contributed by atoms with Crippen LogP contribution in [0.1, 0.15) is 38.5 Å². The van der Waals surface area contributed by atoms with E-state index >= 15 is 0 Å². The van der Waals surface area contributed by atoms with Crippen molar-refractivity contribution in [1.82, 2.24) is 5.32 Å². The van der Waals surface area contributed by atoms with Crippen molar-refractivity contribution in [2.45, 2.75) is 50.2 Å². The number of rotatable bonds is 3. The molecule has 0 bridgehead atoms. The minimum atomic E-state index is -0.370. The Labute approximate surface area is 80.0 Å². The van der Waals surface area contributed by atoms with Crippen molar-refractivity contribution < 1.29 is 5.11 Å². The Balaban J connectivity index is 1.72. The van der Waals surface area contributed by atoms with Crippen molar-refractivity contribution >= 4 is 0 Å². The normalized spacial score (nSPS) is 31.3. The molecule has 2 heteroatoms. The van der Waals surface area contributed by atoms with Crippen LogP contribution in [0.25, 0.3) is 0 Å². The van der Waals surface area contributed by atoms with Crippen LogP contribution in [0.5, 0.6) is 0 Å². The first kappa shape index (κ1) is 9.22. The van der Waals surface area contributed by atoms with Gasteiger partial charge < -0.3 is 10.4 Å². The molecule has 0 amide bonds. The third-order valence-corrected chi connectivity index (χ3v) is 3.23. The molecule has 2 nitrogen and oxygen atoms in total. The third-order valence-electron chi connectivity index (χ3n) is 3.23. The predicted octanol–water partition coefficient (Wildman–Crippen LogP) is 1.60. The van der Waals surface area contributed by atoms with Gasteiger partial charge in [0, 0.05) is 12.6 Å². The van der Waals surface area contributed by atoms with E-state index in [1.807, 2.05) is 0 Å². The largest absolute Gasteiger partial charge is 0.389 e. The van der Waals surface area contributed by atoms with Gasteiger partial charge in [0.25, 0.3) is 0 Å². The summed E-state index contributed by atoms with van der Waals surface area (Å²) in [5, 5.41) is 13.3. The second kappa shape index (κ2) is 3.81. The highest BCUT2D eigenvalue weighted by Crippen LogP contribution is 2.30. The predicted molar refractivity (Wildman–Crippen MR) is 53.6 cm³/mol. The first-order chi connectivity index (χ1) is 6.29. The first-order valence-corrected chi connectivity index (χ1v) is 5.41. The van der Waals surface area contributed by atoms with E-state index in [2.05, 4.69) is 17.5 Å². The molecule has 0 heterocycles. The molecule has 0 saturated heterocycles. The van der Waals surface area contributed by atoms with Gasteiger partial charge >= 0.3 is 0 Å². The van der Waals surface area contributed by atoms with Crippen molar-refractivity contribution in [3.63, 3.8) is 0 Å². The molecule has 0 aromatic carbocycles. The molecule has 2 aliphatic rings. The monoisotopic (exact) mass is 181 g/mol. The van der Waals surface area contributed by atoms with E-state index in [0.29, 0.717) is 6.04 Å². The fraction of sp³-hybridized carbons (Fsp3) is 0.818. The lowest BCUT2D eigenvalue weighted by atomic mass is 9.80. The third kappa shape index (κ3) is 2.32. The number of aliphatic hydroxyl groups is 1. The van der Waals surface area contributed by atoms with Gasteiger partial charge in [0.2, 0.25) is 0 Å². The van der Waals surface area contributed by atoms with E-state index in [0.717, 1.165) is 19.4 Å². The van der Waals surface area contributed by atoms with Gasteiger partial charge in [0.05, 0.1) is 5.60 Å². The summed E-state index contributed by atoms with van der Waals surface area (Å²) in [4.78, 5) is 0. The molecule has 0 radical (unpaired) electrons. The maximum absolute atomic E-state index is 9.85. The molecule has 1 unspecified atom stereocenters. The van der Waals surface area contributed by atoms with Gasteiger partial charge in [0.15, 0.2) is 0 Å². The summed E-state index contributed by atoms with van der Waals surface area (Å²) in [6, 6.07) is 0.512. The molecule has 2 rings (SSSR count). The van der Waals surface area contributed by atoms with Gasteiger partial charge in [0.1, 0.15) is 0 Å². The molecule has 0 aliphatic heterocycles. The van der Waals surface area contributed by atoms with Crippen LogP contribution in [-0.4, -0.2) is 23.3 Å². The zero-order valence-electron chi connectivity index (χ0n) is 8.13. The van der Waals surface area contributed by atoms with Crippen molar-refractivity contribution in [2.75, 3.05) is 6.54 Å². The van der Waals surface area contributed by atoms with Crippen LogP contribution >= 0.6 is 0 Å². The highest BCUT2D eigenvalue weighted by Gasteiger charge is 2.34. The van der Waals surface area contributed by atoms with E-state index in [-0.39, 0.29) is 5.60 Å². The Morgan fingerprint density at radius 2 is 2.23 bits per heavy atom. The van der Waals surface area contributed by atoms with Crippen molar-refractivity contribution in [2.24, 2.45) is 0 Å². The van der Waals surface area contributed by atoms with Crippen LogP contribution in [0.4, 0.5) is 0 Å².